The highest BCUT2D eigenvalue weighted by Gasteiger charge is 2.02. The van der Waals surface area contributed by atoms with Gasteiger partial charge in [-0.3, -0.25) is 0 Å². The fourth-order valence-corrected chi connectivity index (χ4v) is 2.19. The lowest BCUT2D eigenvalue weighted by Crippen LogP contribution is -2.00. The van der Waals surface area contributed by atoms with Crippen LogP contribution in [0.4, 0.5) is 10.8 Å². The molecule has 0 radical (unpaired) electrons. The lowest BCUT2D eigenvalue weighted by molar-refractivity contribution is 0.415. The van der Waals surface area contributed by atoms with E-state index in [4.69, 9.17) is 22.1 Å². The molecule has 6 heteroatoms. The summed E-state index contributed by atoms with van der Waals surface area (Å²) in [5, 5.41) is 6.30. The van der Waals surface area contributed by atoms with Crippen molar-refractivity contribution in [3.8, 4) is 5.75 Å². The quantitative estimate of drug-likeness (QED) is 0.896. The van der Waals surface area contributed by atoms with Crippen molar-refractivity contribution < 1.29 is 4.74 Å². The number of nitrogens with one attached hydrogen (secondary N) is 1. The van der Waals surface area contributed by atoms with Gasteiger partial charge in [-0.1, -0.05) is 11.6 Å². The first kappa shape index (κ1) is 12.0. The summed E-state index contributed by atoms with van der Waals surface area (Å²) < 4.78 is 5.08. The highest BCUT2D eigenvalue weighted by atomic mass is 35.5. The van der Waals surface area contributed by atoms with E-state index in [1.54, 1.807) is 7.11 Å². The van der Waals surface area contributed by atoms with Gasteiger partial charge in [0.25, 0.3) is 0 Å². The molecule has 2 aromatic rings. The lowest BCUT2D eigenvalue weighted by atomic mass is 10.3. The van der Waals surface area contributed by atoms with Crippen LogP contribution in [0.25, 0.3) is 0 Å². The summed E-state index contributed by atoms with van der Waals surface area (Å²) in [4.78, 5) is 4.16. The minimum atomic E-state index is 0.578. The van der Waals surface area contributed by atoms with Gasteiger partial charge in [0, 0.05) is 11.1 Å². The Balaban J connectivity index is 2.02. The van der Waals surface area contributed by atoms with Crippen molar-refractivity contribution in [3.63, 3.8) is 0 Å². The number of halogens is 1. The van der Waals surface area contributed by atoms with Crippen molar-refractivity contribution in [2.24, 2.45) is 0 Å². The Morgan fingerprint density at radius 2 is 2.35 bits per heavy atom. The Kier molecular flexibility index (Phi) is 3.71. The van der Waals surface area contributed by atoms with Gasteiger partial charge in [0.05, 0.1) is 24.4 Å². The molecule has 0 spiro atoms. The van der Waals surface area contributed by atoms with Crippen molar-refractivity contribution in [1.29, 1.82) is 0 Å². The van der Waals surface area contributed by atoms with Crippen LogP contribution in [0, 0.1) is 0 Å². The van der Waals surface area contributed by atoms with Crippen LogP contribution in [0.15, 0.2) is 23.6 Å². The van der Waals surface area contributed by atoms with Crippen LogP contribution in [0.1, 0.15) is 5.69 Å². The second kappa shape index (κ2) is 5.25. The maximum Gasteiger partial charge on any atom is 0.180 e. The molecular formula is C11H12ClN3OS. The molecule has 0 saturated heterocycles. The maximum absolute atomic E-state index is 6.02. The zero-order chi connectivity index (χ0) is 12.3. The molecule has 4 nitrogen and oxygen atoms in total. The van der Waals surface area contributed by atoms with Crippen molar-refractivity contribution >= 4 is 33.8 Å². The number of methoxy groups -OCH3 is 1. The van der Waals surface area contributed by atoms with E-state index in [0.717, 1.165) is 11.4 Å². The Hall–Kier alpha value is -1.46. The normalized spacial score (nSPS) is 10.2. The van der Waals surface area contributed by atoms with Gasteiger partial charge in [-0.05, 0) is 18.2 Å². The topological polar surface area (TPSA) is 60.2 Å². The van der Waals surface area contributed by atoms with Gasteiger partial charge in [-0.25, -0.2) is 4.98 Å². The first-order valence-electron chi connectivity index (χ1n) is 4.96. The molecule has 0 aliphatic heterocycles. The first-order valence-corrected chi connectivity index (χ1v) is 6.22. The first-order chi connectivity index (χ1) is 8.19. The summed E-state index contributed by atoms with van der Waals surface area (Å²) in [6.45, 7) is 0.621. The lowest BCUT2D eigenvalue weighted by Gasteiger charge is -2.07. The molecule has 0 unspecified atom stereocenters. The molecule has 3 N–H and O–H groups in total. The Morgan fingerprint density at radius 3 is 2.94 bits per heavy atom. The van der Waals surface area contributed by atoms with E-state index in [0.29, 0.717) is 22.4 Å². The highest BCUT2D eigenvalue weighted by Crippen LogP contribution is 2.27. The summed E-state index contributed by atoms with van der Waals surface area (Å²) in [5.41, 5.74) is 7.39. The molecule has 0 amide bonds. The van der Waals surface area contributed by atoms with Gasteiger partial charge in [0.15, 0.2) is 5.13 Å². The summed E-state index contributed by atoms with van der Waals surface area (Å²) >= 11 is 7.45. The largest absolute Gasteiger partial charge is 0.495 e. The Bertz CT molecular complexity index is 515. The third kappa shape index (κ3) is 3.01. The van der Waals surface area contributed by atoms with Crippen molar-refractivity contribution in [3.05, 3.63) is 34.3 Å². The third-order valence-corrected chi connectivity index (χ3v) is 3.21. The van der Waals surface area contributed by atoms with Crippen molar-refractivity contribution in [2.45, 2.75) is 6.54 Å². The molecule has 0 bridgehead atoms. The van der Waals surface area contributed by atoms with E-state index >= 15 is 0 Å². The number of thiazole rings is 1. The SMILES string of the molecule is COc1ccc(NCc2csc(N)n2)cc1Cl. The third-order valence-electron chi connectivity index (χ3n) is 2.19. The van der Waals surface area contributed by atoms with Crippen molar-refractivity contribution in [1.82, 2.24) is 4.98 Å². The van der Waals surface area contributed by atoms with Crippen LogP contribution in [0.2, 0.25) is 5.02 Å². The fourth-order valence-electron chi connectivity index (χ4n) is 1.37. The molecule has 0 saturated carbocycles. The number of anilines is 2. The smallest absolute Gasteiger partial charge is 0.180 e. The fraction of sp³-hybridized carbons (Fsp3) is 0.182. The molecule has 17 heavy (non-hydrogen) atoms. The Morgan fingerprint density at radius 1 is 1.53 bits per heavy atom. The molecule has 0 aliphatic rings. The van der Waals surface area contributed by atoms with Crippen LogP contribution in [-0.2, 0) is 6.54 Å². The van der Waals surface area contributed by atoms with Gasteiger partial charge in [-0.2, -0.15) is 0 Å². The van der Waals surface area contributed by atoms with E-state index in [-0.39, 0.29) is 0 Å². The molecule has 0 aliphatic carbocycles. The predicted octanol–water partition coefficient (Wildman–Crippen LogP) is 3.00. The second-order valence-electron chi connectivity index (χ2n) is 3.38. The van der Waals surface area contributed by atoms with Crippen LogP contribution in [-0.4, -0.2) is 12.1 Å². The van der Waals surface area contributed by atoms with Gasteiger partial charge in [0.2, 0.25) is 0 Å². The summed E-state index contributed by atoms with van der Waals surface area (Å²) in [6.07, 6.45) is 0. The number of ether oxygens (including phenoxy) is 1. The molecule has 0 fully saturated rings. The van der Waals surface area contributed by atoms with Gasteiger partial charge >= 0.3 is 0 Å². The number of nitrogens with two attached hydrogens (primary N) is 1. The molecular weight excluding hydrogens is 258 g/mol. The number of aromatic nitrogens is 1. The average molecular weight is 270 g/mol. The van der Waals surface area contributed by atoms with Gasteiger partial charge < -0.3 is 15.8 Å². The zero-order valence-corrected chi connectivity index (χ0v) is 10.8. The number of hydrogen-bond acceptors (Lipinski definition) is 5. The molecule has 1 heterocycles. The van der Waals surface area contributed by atoms with E-state index in [9.17, 15) is 0 Å². The van der Waals surface area contributed by atoms with Crippen LogP contribution in [0.5, 0.6) is 5.75 Å². The van der Waals surface area contributed by atoms with Crippen LogP contribution in [0.3, 0.4) is 0 Å². The van der Waals surface area contributed by atoms with Gasteiger partial charge in [-0.15, -0.1) is 11.3 Å². The average Bonchev–Trinajstić information content (AvgIpc) is 2.73. The van der Waals surface area contributed by atoms with E-state index in [1.165, 1.54) is 11.3 Å². The molecule has 1 aromatic heterocycles. The van der Waals surface area contributed by atoms with E-state index < -0.39 is 0 Å². The van der Waals surface area contributed by atoms with E-state index in [1.807, 2.05) is 23.6 Å². The molecule has 90 valence electrons. The zero-order valence-electron chi connectivity index (χ0n) is 9.24. The monoisotopic (exact) mass is 269 g/mol. The summed E-state index contributed by atoms with van der Waals surface area (Å²) in [6, 6.07) is 5.54. The number of nitrogens with zero attached hydrogens (tertiary/aromatic N) is 1. The second-order valence-corrected chi connectivity index (χ2v) is 4.68. The number of benzene rings is 1. The summed E-state index contributed by atoms with van der Waals surface area (Å²) in [7, 11) is 1.59. The van der Waals surface area contributed by atoms with Crippen LogP contribution >= 0.6 is 22.9 Å². The van der Waals surface area contributed by atoms with Gasteiger partial charge in [0.1, 0.15) is 5.75 Å². The molecule has 0 atom stereocenters. The van der Waals surface area contributed by atoms with Crippen molar-refractivity contribution in [2.75, 3.05) is 18.2 Å². The predicted molar refractivity (Wildman–Crippen MR) is 71.9 cm³/mol. The number of nitrogen functional groups attached to an aromatic ring is 1. The van der Waals surface area contributed by atoms with Crippen LogP contribution < -0.4 is 15.8 Å². The summed E-state index contributed by atoms with van der Waals surface area (Å²) in [5.74, 6) is 0.662. The minimum Gasteiger partial charge on any atom is -0.495 e. The standard InChI is InChI=1S/C11H12ClN3OS/c1-16-10-3-2-7(4-9(10)12)14-5-8-6-17-11(13)15-8/h2-4,6,14H,5H2,1H3,(H2,13,15). The molecule has 2 rings (SSSR count). The molecule has 1 aromatic carbocycles. The number of hydrogen-bond donors (Lipinski definition) is 2. The number of rotatable bonds is 4. The van der Waals surface area contributed by atoms with E-state index in [2.05, 4.69) is 10.3 Å². The Labute approximate surface area is 108 Å². The maximum atomic E-state index is 6.02. The minimum absolute atomic E-state index is 0.578. The highest BCUT2D eigenvalue weighted by molar-refractivity contribution is 7.13.